The number of aryl methyl sites for hydroxylation is 1. The number of aromatic nitrogens is 5. The Morgan fingerprint density at radius 3 is 2.55 bits per heavy atom. The van der Waals surface area contributed by atoms with Crippen molar-refractivity contribution in [2.75, 3.05) is 0 Å². The van der Waals surface area contributed by atoms with Crippen molar-refractivity contribution < 1.29 is 8.94 Å². The molecule has 162 valence electrons. The van der Waals surface area contributed by atoms with Gasteiger partial charge >= 0.3 is 0 Å². The van der Waals surface area contributed by atoms with E-state index in [4.69, 9.17) is 8.94 Å². The monoisotopic (exact) mass is 437 g/mol. The van der Waals surface area contributed by atoms with Crippen molar-refractivity contribution in [3.63, 3.8) is 0 Å². The Morgan fingerprint density at radius 1 is 1.06 bits per heavy atom. The molecule has 0 fully saturated rings. The van der Waals surface area contributed by atoms with Crippen LogP contribution in [0.4, 0.5) is 0 Å². The molecule has 0 saturated heterocycles. The van der Waals surface area contributed by atoms with Crippen LogP contribution in [0.15, 0.2) is 56.8 Å². The van der Waals surface area contributed by atoms with Gasteiger partial charge in [0, 0.05) is 12.0 Å². The Hall–Kier alpha value is -2.87. The number of furan rings is 1. The second kappa shape index (κ2) is 9.09. The quantitative estimate of drug-likeness (QED) is 0.336. The normalized spacial score (nSPS) is 11.9. The van der Waals surface area contributed by atoms with Crippen LogP contribution < -0.4 is 0 Å². The Morgan fingerprint density at radius 2 is 1.87 bits per heavy atom. The molecular formula is C23H27N5O2S. The maximum Gasteiger partial charge on any atom is 0.226 e. The number of benzene rings is 1. The fourth-order valence-corrected chi connectivity index (χ4v) is 4.00. The maximum absolute atomic E-state index is 5.58. The van der Waals surface area contributed by atoms with Gasteiger partial charge in [-0.3, -0.25) is 4.57 Å². The summed E-state index contributed by atoms with van der Waals surface area (Å²) in [5, 5.41) is 13.8. The number of nitrogens with zero attached hydrogens (tertiary/aromatic N) is 5. The highest BCUT2D eigenvalue weighted by Crippen LogP contribution is 2.29. The molecule has 0 aliphatic carbocycles. The molecule has 0 N–H and O–H groups in total. The average Bonchev–Trinajstić information content (AvgIpc) is 3.49. The van der Waals surface area contributed by atoms with Crippen molar-refractivity contribution in [1.29, 1.82) is 0 Å². The molecule has 1 aromatic carbocycles. The zero-order valence-corrected chi connectivity index (χ0v) is 19.1. The number of thioether (sulfide) groups is 1. The van der Waals surface area contributed by atoms with Gasteiger partial charge in [-0.1, -0.05) is 68.9 Å². The van der Waals surface area contributed by atoms with Crippen LogP contribution >= 0.6 is 11.8 Å². The Balaban J connectivity index is 1.60. The van der Waals surface area contributed by atoms with Gasteiger partial charge in [0.25, 0.3) is 0 Å². The predicted octanol–water partition coefficient (Wildman–Crippen LogP) is 5.51. The Kier molecular flexibility index (Phi) is 6.27. The summed E-state index contributed by atoms with van der Waals surface area (Å²) in [6, 6.07) is 12.4. The predicted molar refractivity (Wildman–Crippen MR) is 120 cm³/mol. The summed E-state index contributed by atoms with van der Waals surface area (Å²) in [5.41, 5.74) is 2.40. The molecule has 0 aliphatic heterocycles. The second-order valence-corrected chi connectivity index (χ2v) is 9.38. The molecule has 0 spiro atoms. The highest BCUT2D eigenvalue weighted by Gasteiger charge is 2.19. The molecule has 8 heteroatoms. The molecule has 3 aromatic heterocycles. The summed E-state index contributed by atoms with van der Waals surface area (Å²) in [4.78, 5) is 4.44. The van der Waals surface area contributed by atoms with E-state index in [-0.39, 0.29) is 5.41 Å². The van der Waals surface area contributed by atoms with E-state index in [1.807, 2.05) is 12.1 Å². The molecule has 0 aliphatic rings. The van der Waals surface area contributed by atoms with Crippen LogP contribution in [0.1, 0.15) is 57.2 Å². The zero-order chi connectivity index (χ0) is 21.8. The molecule has 31 heavy (non-hydrogen) atoms. The van der Waals surface area contributed by atoms with E-state index < -0.39 is 0 Å². The summed E-state index contributed by atoms with van der Waals surface area (Å²) < 4.78 is 12.9. The molecule has 4 aromatic rings. The van der Waals surface area contributed by atoms with Crippen LogP contribution in [0.3, 0.4) is 0 Å². The zero-order valence-electron chi connectivity index (χ0n) is 18.3. The van der Waals surface area contributed by atoms with E-state index in [1.54, 1.807) is 6.26 Å². The van der Waals surface area contributed by atoms with Gasteiger partial charge in [-0.25, -0.2) is 0 Å². The van der Waals surface area contributed by atoms with E-state index >= 15 is 0 Å². The molecule has 0 radical (unpaired) electrons. The van der Waals surface area contributed by atoms with Crippen molar-refractivity contribution in [3.05, 3.63) is 65.7 Å². The van der Waals surface area contributed by atoms with E-state index in [0.717, 1.165) is 35.1 Å². The maximum atomic E-state index is 5.58. The fraction of sp³-hybridized carbons (Fsp3) is 0.391. The molecule has 0 atom stereocenters. The molecule has 0 unspecified atom stereocenters. The largest absolute Gasteiger partial charge is 0.467 e. The van der Waals surface area contributed by atoms with Gasteiger partial charge in [-0.2, -0.15) is 4.98 Å². The van der Waals surface area contributed by atoms with Gasteiger partial charge in [-0.15, -0.1) is 10.2 Å². The third-order valence-electron chi connectivity index (χ3n) is 4.92. The summed E-state index contributed by atoms with van der Waals surface area (Å²) in [6.07, 6.45) is 3.45. The number of hydrogen-bond donors (Lipinski definition) is 0. The number of hydrogen-bond acceptors (Lipinski definition) is 7. The van der Waals surface area contributed by atoms with Gasteiger partial charge in [0.05, 0.1) is 18.6 Å². The van der Waals surface area contributed by atoms with Crippen LogP contribution in [-0.2, 0) is 24.1 Å². The van der Waals surface area contributed by atoms with Gasteiger partial charge in [0.2, 0.25) is 5.89 Å². The van der Waals surface area contributed by atoms with Gasteiger partial charge in [0.1, 0.15) is 5.76 Å². The average molecular weight is 438 g/mol. The minimum atomic E-state index is 0.0998. The van der Waals surface area contributed by atoms with Gasteiger partial charge < -0.3 is 8.94 Å². The molecule has 0 saturated carbocycles. The SMILES string of the molecule is CCCc1nc(CSc2nnc(-c3ccc(C(C)(C)C)cc3)n2Cc2ccco2)no1. The summed E-state index contributed by atoms with van der Waals surface area (Å²) in [5.74, 6) is 3.55. The van der Waals surface area contributed by atoms with Crippen LogP contribution in [0.25, 0.3) is 11.4 Å². The van der Waals surface area contributed by atoms with Crippen molar-refractivity contribution in [1.82, 2.24) is 24.9 Å². The summed E-state index contributed by atoms with van der Waals surface area (Å²) in [6.45, 7) is 9.26. The lowest BCUT2D eigenvalue weighted by atomic mass is 9.87. The number of rotatable bonds is 8. The third-order valence-corrected chi connectivity index (χ3v) is 5.89. The van der Waals surface area contributed by atoms with E-state index in [2.05, 4.69) is 76.9 Å². The fourth-order valence-electron chi connectivity index (χ4n) is 3.22. The molecule has 3 heterocycles. The standard InChI is InChI=1S/C23H27N5O2S/c1-5-7-20-24-19(27-30-20)15-31-22-26-25-21(28(22)14-18-8-6-13-29-18)16-9-11-17(12-10-16)23(2,3)4/h6,8-13H,5,7,14-15H2,1-4H3. The molecule has 0 bridgehead atoms. The van der Waals surface area contributed by atoms with Crippen molar-refractivity contribution in [3.8, 4) is 11.4 Å². The molecule has 0 amide bonds. The molecule has 4 rings (SSSR count). The van der Waals surface area contributed by atoms with Crippen LogP contribution in [0.5, 0.6) is 0 Å². The van der Waals surface area contributed by atoms with Crippen molar-refractivity contribution in [2.24, 2.45) is 0 Å². The van der Waals surface area contributed by atoms with E-state index in [1.165, 1.54) is 17.3 Å². The van der Waals surface area contributed by atoms with Crippen molar-refractivity contribution >= 4 is 11.8 Å². The van der Waals surface area contributed by atoms with E-state index in [9.17, 15) is 0 Å². The smallest absolute Gasteiger partial charge is 0.226 e. The topological polar surface area (TPSA) is 82.8 Å². The lowest BCUT2D eigenvalue weighted by Crippen LogP contribution is -2.10. The molecule has 7 nitrogen and oxygen atoms in total. The lowest BCUT2D eigenvalue weighted by molar-refractivity contribution is 0.373. The van der Waals surface area contributed by atoms with E-state index in [0.29, 0.717) is 24.0 Å². The van der Waals surface area contributed by atoms with Crippen LogP contribution in [-0.4, -0.2) is 24.9 Å². The molecular weight excluding hydrogens is 410 g/mol. The highest BCUT2D eigenvalue weighted by atomic mass is 32.2. The first-order valence-corrected chi connectivity index (χ1v) is 11.4. The minimum absolute atomic E-state index is 0.0998. The third kappa shape index (κ3) is 5.07. The first-order chi connectivity index (χ1) is 14.9. The second-order valence-electron chi connectivity index (χ2n) is 8.44. The van der Waals surface area contributed by atoms with Crippen LogP contribution in [0.2, 0.25) is 0 Å². The lowest BCUT2D eigenvalue weighted by Gasteiger charge is -2.19. The Labute approximate surface area is 186 Å². The summed E-state index contributed by atoms with van der Waals surface area (Å²) >= 11 is 1.54. The minimum Gasteiger partial charge on any atom is -0.467 e. The Bertz CT molecular complexity index is 1110. The first kappa shape index (κ1) is 21.4. The van der Waals surface area contributed by atoms with Crippen molar-refractivity contribution in [2.45, 2.75) is 63.4 Å². The van der Waals surface area contributed by atoms with Crippen LogP contribution in [0, 0.1) is 0 Å². The van der Waals surface area contributed by atoms with Gasteiger partial charge in [0.15, 0.2) is 16.8 Å². The summed E-state index contributed by atoms with van der Waals surface area (Å²) in [7, 11) is 0. The first-order valence-electron chi connectivity index (χ1n) is 10.4. The van der Waals surface area contributed by atoms with Gasteiger partial charge in [-0.05, 0) is 29.5 Å². The highest BCUT2D eigenvalue weighted by molar-refractivity contribution is 7.98.